The molecule has 1 amide bonds. The molecule has 0 atom stereocenters. The maximum absolute atomic E-state index is 12.6. The topological polar surface area (TPSA) is 80.8 Å². The van der Waals surface area contributed by atoms with Crippen molar-refractivity contribution in [3.05, 3.63) is 94.5 Å². The first-order chi connectivity index (χ1) is 14.1. The van der Waals surface area contributed by atoms with Crippen LogP contribution in [-0.4, -0.2) is 20.9 Å². The highest BCUT2D eigenvalue weighted by atomic mass is 35.5. The Morgan fingerprint density at radius 3 is 2.63 bits per heavy atom. The van der Waals surface area contributed by atoms with Crippen LogP contribution in [0.25, 0.3) is 10.9 Å². The molecular weight excluding hydrogens is 402 g/mol. The molecule has 2 heterocycles. The number of aromatic nitrogens is 4. The summed E-state index contributed by atoms with van der Waals surface area (Å²) in [6.45, 7) is 2.44. The number of carbonyl (C=O) groups excluding carboxylic acids is 1. The molecule has 2 aromatic heterocycles. The highest BCUT2D eigenvalue weighted by molar-refractivity contribution is 5.89. The van der Waals surface area contributed by atoms with E-state index in [9.17, 15) is 9.59 Å². The molecule has 30 heavy (non-hydrogen) atoms. The fraction of sp³-hybridized carbons (Fsp3) is 0.136. The first kappa shape index (κ1) is 21.1. The number of halogens is 1. The molecule has 2 aromatic carbocycles. The van der Waals surface area contributed by atoms with Gasteiger partial charge in [0, 0.05) is 17.3 Å². The lowest BCUT2D eigenvalue weighted by atomic mass is 10.2. The molecule has 4 aromatic rings. The molecule has 0 aliphatic rings. The average molecular weight is 422 g/mol. The first-order valence-electron chi connectivity index (χ1n) is 9.25. The van der Waals surface area contributed by atoms with Crippen LogP contribution in [0, 0.1) is 6.92 Å². The molecule has 0 spiro atoms. The van der Waals surface area contributed by atoms with Crippen LogP contribution in [0.1, 0.15) is 11.1 Å². The molecule has 152 valence electrons. The van der Waals surface area contributed by atoms with E-state index in [0.29, 0.717) is 10.9 Å². The predicted molar refractivity (Wildman–Crippen MR) is 109 cm³/mol. The Balaban J connectivity index is 0.00000256. The smallest absolute Gasteiger partial charge is 0.290 e. The highest BCUT2D eigenvalue weighted by Gasteiger charge is 2.12. The van der Waals surface area contributed by atoms with E-state index < -0.39 is 0 Å². The lowest BCUT2D eigenvalue weighted by molar-refractivity contribution is -0.684. The fourth-order valence-electron chi connectivity index (χ4n) is 3.07. The Bertz CT molecular complexity index is 1240. The number of benzene rings is 2. The second-order valence-electron chi connectivity index (χ2n) is 6.87. The third kappa shape index (κ3) is 4.87. The molecule has 4 rings (SSSR count). The number of fused-ring (bicyclic) bond motifs is 1. The van der Waals surface area contributed by atoms with Gasteiger partial charge in [-0.15, -0.1) is 5.10 Å². The van der Waals surface area contributed by atoms with Crippen LogP contribution in [0.5, 0.6) is 0 Å². The summed E-state index contributed by atoms with van der Waals surface area (Å²) < 4.78 is 3.10. The van der Waals surface area contributed by atoms with Crippen molar-refractivity contribution in [3.63, 3.8) is 0 Å². The third-order valence-electron chi connectivity index (χ3n) is 4.54. The molecule has 0 saturated heterocycles. The largest absolute Gasteiger partial charge is 1.00 e. The van der Waals surface area contributed by atoms with Crippen molar-refractivity contribution < 1.29 is 21.8 Å². The maximum Gasteiger partial charge on any atom is 0.290 e. The van der Waals surface area contributed by atoms with Gasteiger partial charge in [0.05, 0.1) is 11.9 Å². The van der Waals surface area contributed by atoms with E-state index in [0.717, 1.165) is 16.8 Å². The van der Waals surface area contributed by atoms with Crippen molar-refractivity contribution in [1.29, 1.82) is 0 Å². The monoisotopic (exact) mass is 421 g/mol. The summed E-state index contributed by atoms with van der Waals surface area (Å²) in [5.41, 5.74) is 3.13. The van der Waals surface area contributed by atoms with E-state index in [-0.39, 0.29) is 37.0 Å². The number of nitrogens with zero attached hydrogens (tertiary/aromatic N) is 4. The Morgan fingerprint density at radius 1 is 1.07 bits per heavy atom. The lowest BCUT2D eigenvalue weighted by Gasteiger charge is -2.06. The zero-order chi connectivity index (χ0) is 20.2. The zero-order valence-electron chi connectivity index (χ0n) is 16.3. The van der Waals surface area contributed by atoms with Crippen molar-refractivity contribution in [2.45, 2.75) is 20.0 Å². The number of pyridine rings is 1. The fourth-order valence-corrected chi connectivity index (χ4v) is 3.07. The minimum Gasteiger partial charge on any atom is -1.00 e. The zero-order valence-corrected chi connectivity index (χ0v) is 17.1. The van der Waals surface area contributed by atoms with Crippen LogP contribution >= 0.6 is 0 Å². The Hall–Kier alpha value is -3.58. The summed E-state index contributed by atoms with van der Waals surface area (Å²) in [7, 11) is 0. The second kappa shape index (κ2) is 9.28. The summed E-state index contributed by atoms with van der Waals surface area (Å²) >= 11 is 0. The number of nitrogens with one attached hydrogen (secondary N) is 1. The van der Waals surface area contributed by atoms with Crippen molar-refractivity contribution in [3.8, 4) is 0 Å². The van der Waals surface area contributed by atoms with Crippen LogP contribution in [0.4, 0.5) is 5.69 Å². The third-order valence-corrected chi connectivity index (χ3v) is 4.54. The van der Waals surface area contributed by atoms with Crippen LogP contribution in [0.3, 0.4) is 0 Å². The first-order valence-corrected chi connectivity index (χ1v) is 9.25. The normalized spacial score (nSPS) is 10.4. The molecule has 1 N–H and O–H groups in total. The summed E-state index contributed by atoms with van der Waals surface area (Å²) in [6.07, 6.45) is 3.64. The van der Waals surface area contributed by atoms with Gasteiger partial charge >= 0.3 is 0 Å². The quantitative estimate of drug-likeness (QED) is 0.423. The molecule has 0 aliphatic heterocycles. The van der Waals surface area contributed by atoms with Crippen LogP contribution in [-0.2, 0) is 17.9 Å². The highest BCUT2D eigenvalue weighted by Crippen LogP contribution is 2.08. The van der Waals surface area contributed by atoms with E-state index in [2.05, 4.69) is 15.6 Å². The van der Waals surface area contributed by atoms with Gasteiger partial charge in [0.25, 0.3) is 11.5 Å². The number of rotatable bonds is 5. The predicted octanol–water partition coefficient (Wildman–Crippen LogP) is -0.922. The molecule has 0 fully saturated rings. The molecule has 0 unspecified atom stereocenters. The number of aryl methyl sites for hydroxylation is 1. The Kier molecular flexibility index (Phi) is 6.54. The summed E-state index contributed by atoms with van der Waals surface area (Å²) in [5, 5.41) is 11.5. The van der Waals surface area contributed by atoms with E-state index in [4.69, 9.17) is 0 Å². The average Bonchev–Trinajstić information content (AvgIpc) is 2.72. The van der Waals surface area contributed by atoms with Gasteiger partial charge < -0.3 is 17.7 Å². The van der Waals surface area contributed by atoms with E-state index >= 15 is 0 Å². The number of hydrogen-bond donors (Lipinski definition) is 1. The van der Waals surface area contributed by atoms with Gasteiger partial charge in [-0.3, -0.25) is 9.59 Å². The van der Waals surface area contributed by atoms with Crippen LogP contribution in [0.2, 0.25) is 0 Å². The van der Waals surface area contributed by atoms with Gasteiger partial charge in [0.2, 0.25) is 6.54 Å². The Labute approximate surface area is 179 Å². The van der Waals surface area contributed by atoms with E-state index in [1.807, 2.05) is 61.8 Å². The molecule has 0 radical (unpaired) electrons. The van der Waals surface area contributed by atoms with Gasteiger partial charge in [-0.25, -0.2) is 4.68 Å². The molecular formula is C22H20ClN5O2. The molecule has 8 heteroatoms. The van der Waals surface area contributed by atoms with Gasteiger partial charge in [-0.05, 0) is 37.3 Å². The molecule has 0 bridgehead atoms. The van der Waals surface area contributed by atoms with Crippen molar-refractivity contribution in [2.75, 3.05) is 5.32 Å². The van der Waals surface area contributed by atoms with Crippen molar-refractivity contribution in [1.82, 2.24) is 15.0 Å². The minimum absolute atomic E-state index is 0. The van der Waals surface area contributed by atoms with E-state index in [1.165, 1.54) is 4.68 Å². The van der Waals surface area contributed by atoms with Gasteiger partial charge in [-0.1, -0.05) is 35.0 Å². The number of anilines is 1. The maximum atomic E-state index is 12.6. The standard InChI is InChI=1S/C22H19N5O2.ClH/c1-16-8-10-18(11-9-16)23-21(28)15-26-12-4-5-17(13-26)14-27-22(29)19-6-2-3-7-20(19)24-25-27;/h2-13H,14-15H2,1H3;1H. The number of hydrogen-bond acceptors (Lipinski definition) is 4. The van der Waals surface area contributed by atoms with Crippen molar-refractivity contribution >= 4 is 22.5 Å². The second-order valence-corrected chi connectivity index (χ2v) is 6.87. The van der Waals surface area contributed by atoms with Gasteiger partial charge in [0.15, 0.2) is 12.4 Å². The minimum atomic E-state index is -0.192. The van der Waals surface area contributed by atoms with E-state index in [1.54, 1.807) is 22.8 Å². The van der Waals surface area contributed by atoms with Gasteiger partial charge in [0.1, 0.15) is 5.52 Å². The SMILES string of the molecule is Cc1ccc(NC(=O)C[n+]2cccc(Cn3nnc4ccccc4c3=O)c2)cc1.[Cl-]. The van der Waals surface area contributed by atoms with Crippen LogP contribution < -0.4 is 27.9 Å². The number of amides is 1. The van der Waals surface area contributed by atoms with Gasteiger partial charge in [-0.2, -0.15) is 4.57 Å². The summed E-state index contributed by atoms with van der Waals surface area (Å²) in [6, 6.07) is 18.5. The van der Waals surface area contributed by atoms with Crippen LogP contribution in [0.15, 0.2) is 77.9 Å². The summed E-state index contributed by atoms with van der Waals surface area (Å²) in [5.74, 6) is -0.126. The Morgan fingerprint density at radius 2 is 1.83 bits per heavy atom. The number of carbonyl (C=O) groups is 1. The summed E-state index contributed by atoms with van der Waals surface area (Å²) in [4.78, 5) is 24.9. The molecule has 0 saturated carbocycles. The lowest BCUT2D eigenvalue weighted by Crippen LogP contribution is -3.00. The molecule has 0 aliphatic carbocycles. The molecule has 7 nitrogen and oxygen atoms in total. The van der Waals surface area contributed by atoms with Crippen molar-refractivity contribution in [2.24, 2.45) is 0 Å².